The molecule has 0 amide bonds. The monoisotopic (exact) mass is 260 g/mol. The highest BCUT2D eigenvalue weighted by Gasteiger charge is 2.05. The third-order valence-electron chi connectivity index (χ3n) is 3.30. The lowest BCUT2D eigenvalue weighted by atomic mass is 10.2. The van der Waals surface area contributed by atoms with Gasteiger partial charge in [0.1, 0.15) is 5.75 Å². The molecule has 1 N–H and O–H groups in total. The predicted octanol–water partition coefficient (Wildman–Crippen LogP) is 2.39. The Labute approximate surface area is 116 Å². The predicted molar refractivity (Wildman–Crippen MR) is 80.6 cm³/mol. The Kier molecular flexibility index (Phi) is 5.92. The Balaban J connectivity index is 1.80. The van der Waals surface area contributed by atoms with Crippen LogP contribution in [0.4, 0.5) is 0 Å². The van der Waals surface area contributed by atoms with Crippen molar-refractivity contribution in [3.63, 3.8) is 0 Å². The first-order valence-corrected chi connectivity index (χ1v) is 7.21. The van der Waals surface area contributed by atoms with Crippen molar-refractivity contribution in [3.8, 4) is 5.75 Å². The van der Waals surface area contributed by atoms with Crippen LogP contribution in [0.25, 0.3) is 6.08 Å². The van der Waals surface area contributed by atoms with E-state index in [9.17, 15) is 0 Å². The first kappa shape index (κ1) is 14.1. The number of rotatable bonds is 5. The van der Waals surface area contributed by atoms with E-state index in [1.807, 2.05) is 19.1 Å². The van der Waals surface area contributed by atoms with Crippen LogP contribution in [0.1, 0.15) is 18.9 Å². The molecule has 1 aromatic carbocycles. The second-order valence-corrected chi connectivity index (χ2v) is 4.81. The van der Waals surface area contributed by atoms with E-state index < -0.39 is 0 Å². The first-order chi connectivity index (χ1) is 9.38. The van der Waals surface area contributed by atoms with Gasteiger partial charge >= 0.3 is 0 Å². The maximum atomic E-state index is 5.44. The lowest BCUT2D eigenvalue weighted by Gasteiger charge is -2.16. The van der Waals surface area contributed by atoms with Gasteiger partial charge < -0.3 is 10.1 Å². The minimum Gasteiger partial charge on any atom is -0.494 e. The molecule has 1 heterocycles. The summed E-state index contributed by atoms with van der Waals surface area (Å²) in [5, 5.41) is 3.42. The van der Waals surface area contributed by atoms with Gasteiger partial charge in [0.05, 0.1) is 6.61 Å². The summed E-state index contributed by atoms with van der Waals surface area (Å²) in [5.41, 5.74) is 1.23. The topological polar surface area (TPSA) is 24.5 Å². The van der Waals surface area contributed by atoms with E-state index in [0.29, 0.717) is 0 Å². The number of nitrogens with zero attached hydrogens (tertiary/aromatic N) is 1. The molecule has 0 bridgehead atoms. The van der Waals surface area contributed by atoms with Crippen molar-refractivity contribution in [1.82, 2.24) is 10.2 Å². The summed E-state index contributed by atoms with van der Waals surface area (Å²) in [4.78, 5) is 2.49. The van der Waals surface area contributed by atoms with Crippen LogP contribution in [0.15, 0.2) is 30.3 Å². The highest BCUT2D eigenvalue weighted by Crippen LogP contribution is 2.13. The van der Waals surface area contributed by atoms with E-state index in [0.717, 1.165) is 38.5 Å². The Morgan fingerprint density at radius 1 is 1.21 bits per heavy atom. The molecule has 1 aliphatic heterocycles. The molecule has 3 heteroatoms. The quantitative estimate of drug-likeness (QED) is 0.880. The second kappa shape index (κ2) is 7.97. The fourth-order valence-corrected chi connectivity index (χ4v) is 2.26. The van der Waals surface area contributed by atoms with Crippen molar-refractivity contribution in [2.75, 3.05) is 39.3 Å². The number of hydrogen-bond acceptors (Lipinski definition) is 3. The van der Waals surface area contributed by atoms with Gasteiger partial charge in [0.2, 0.25) is 0 Å². The lowest BCUT2D eigenvalue weighted by Crippen LogP contribution is -2.28. The van der Waals surface area contributed by atoms with Gasteiger partial charge in [-0.1, -0.05) is 24.3 Å². The van der Waals surface area contributed by atoms with Gasteiger partial charge in [0.25, 0.3) is 0 Å². The molecule has 0 spiro atoms. The molecule has 0 aliphatic carbocycles. The van der Waals surface area contributed by atoms with Crippen LogP contribution >= 0.6 is 0 Å². The minimum atomic E-state index is 0.720. The zero-order valence-electron chi connectivity index (χ0n) is 11.8. The number of nitrogens with one attached hydrogen (secondary N) is 1. The molecule has 1 saturated heterocycles. The minimum absolute atomic E-state index is 0.720. The molecule has 0 unspecified atom stereocenters. The molecule has 0 saturated carbocycles. The summed E-state index contributed by atoms with van der Waals surface area (Å²) in [5.74, 6) is 0.943. The molecule has 1 fully saturated rings. The van der Waals surface area contributed by atoms with Crippen LogP contribution < -0.4 is 10.1 Å². The zero-order chi connectivity index (χ0) is 13.3. The van der Waals surface area contributed by atoms with E-state index in [-0.39, 0.29) is 0 Å². The van der Waals surface area contributed by atoms with Crippen LogP contribution in [-0.4, -0.2) is 44.2 Å². The van der Waals surface area contributed by atoms with Crippen molar-refractivity contribution in [2.24, 2.45) is 0 Å². The van der Waals surface area contributed by atoms with Crippen molar-refractivity contribution in [2.45, 2.75) is 13.3 Å². The van der Waals surface area contributed by atoms with Crippen LogP contribution in [0.2, 0.25) is 0 Å². The largest absolute Gasteiger partial charge is 0.494 e. The molecule has 1 aromatic rings. The molecular weight excluding hydrogens is 236 g/mol. The van der Waals surface area contributed by atoms with Crippen LogP contribution in [0.5, 0.6) is 5.75 Å². The summed E-state index contributed by atoms with van der Waals surface area (Å²) >= 11 is 0. The third-order valence-corrected chi connectivity index (χ3v) is 3.30. The molecule has 1 aliphatic rings. The molecule has 0 radical (unpaired) electrons. The van der Waals surface area contributed by atoms with E-state index in [2.05, 4.69) is 34.5 Å². The molecule has 19 heavy (non-hydrogen) atoms. The fraction of sp³-hybridized carbons (Fsp3) is 0.500. The maximum Gasteiger partial charge on any atom is 0.119 e. The number of ether oxygens (including phenoxy) is 1. The normalized spacial score (nSPS) is 17.5. The summed E-state index contributed by atoms with van der Waals surface area (Å²) < 4.78 is 5.44. The van der Waals surface area contributed by atoms with Gasteiger partial charge in [-0.2, -0.15) is 0 Å². The number of benzene rings is 1. The van der Waals surface area contributed by atoms with Gasteiger partial charge in [-0.25, -0.2) is 0 Å². The molecule has 3 nitrogen and oxygen atoms in total. The Hall–Kier alpha value is -1.32. The van der Waals surface area contributed by atoms with Crippen molar-refractivity contribution < 1.29 is 4.74 Å². The molecule has 2 rings (SSSR count). The Morgan fingerprint density at radius 2 is 2.05 bits per heavy atom. The number of hydrogen-bond donors (Lipinski definition) is 1. The highest BCUT2D eigenvalue weighted by atomic mass is 16.5. The van der Waals surface area contributed by atoms with E-state index >= 15 is 0 Å². The second-order valence-electron chi connectivity index (χ2n) is 4.81. The van der Waals surface area contributed by atoms with Crippen molar-refractivity contribution >= 4 is 6.08 Å². The van der Waals surface area contributed by atoms with E-state index in [1.54, 1.807) is 0 Å². The maximum absolute atomic E-state index is 5.44. The molecule has 0 atom stereocenters. The smallest absolute Gasteiger partial charge is 0.119 e. The van der Waals surface area contributed by atoms with Gasteiger partial charge in [0, 0.05) is 19.6 Å². The fourth-order valence-electron chi connectivity index (χ4n) is 2.26. The average molecular weight is 260 g/mol. The standard InChI is InChI=1S/C16H24N2O/c1-2-19-16-8-6-15(7-9-16)5-3-12-18-13-4-10-17-11-14-18/h3,5-9,17H,2,4,10-14H2,1H3/b5-3+. The van der Waals surface area contributed by atoms with Crippen molar-refractivity contribution in [1.29, 1.82) is 0 Å². The highest BCUT2D eigenvalue weighted by molar-refractivity contribution is 5.50. The van der Waals surface area contributed by atoms with Gasteiger partial charge in [-0.15, -0.1) is 0 Å². The lowest BCUT2D eigenvalue weighted by molar-refractivity contribution is 0.324. The zero-order valence-corrected chi connectivity index (χ0v) is 11.8. The molecule has 0 aromatic heterocycles. The summed E-state index contributed by atoms with van der Waals surface area (Å²) in [6, 6.07) is 8.26. The van der Waals surface area contributed by atoms with Gasteiger partial charge in [0.15, 0.2) is 0 Å². The van der Waals surface area contributed by atoms with Gasteiger partial charge in [-0.05, 0) is 44.1 Å². The van der Waals surface area contributed by atoms with Crippen LogP contribution in [0.3, 0.4) is 0 Å². The van der Waals surface area contributed by atoms with Crippen molar-refractivity contribution in [3.05, 3.63) is 35.9 Å². The Bertz CT molecular complexity index is 378. The van der Waals surface area contributed by atoms with Crippen LogP contribution in [0, 0.1) is 0 Å². The first-order valence-electron chi connectivity index (χ1n) is 7.21. The summed E-state index contributed by atoms with van der Waals surface area (Å²) in [6.07, 6.45) is 5.69. The SMILES string of the molecule is CCOc1ccc(/C=C/CN2CCCNCC2)cc1. The molecule has 104 valence electrons. The van der Waals surface area contributed by atoms with E-state index in [4.69, 9.17) is 4.74 Å². The van der Waals surface area contributed by atoms with E-state index in [1.165, 1.54) is 18.5 Å². The average Bonchev–Trinajstić information content (AvgIpc) is 2.70. The summed E-state index contributed by atoms with van der Waals surface area (Å²) in [6.45, 7) is 8.36. The van der Waals surface area contributed by atoms with Crippen LogP contribution in [-0.2, 0) is 0 Å². The molecular formula is C16H24N2O. The van der Waals surface area contributed by atoms with Gasteiger partial charge in [-0.3, -0.25) is 4.90 Å². The summed E-state index contributed by atoms with van der Waals surface area (Å²) in [7, 11) is 0. The third kappa shape index (κ3) is 5.05. The Morgan fingerprint density at radius 3 is 2.84 bits per heavy atom.